The van der Waals surface area contributed by atoms with Crippen molar-refractivity contribution in [3.05, 3.63) is 84.1 Å². The number of hydrogen-bond acceptors (Lipinski definition) is 4. The van der Waals surface area contributed by atoms with Crippen molar-refractivity contribution in [2.24, 2.45) is 0 Å². The number of aliphatic hydroxyl groups excluding tert-OH is 1. The molecule has 0 saturated carbocycles. The highest BCUT2D eigenvalue weighted by atomic mass is 32.2. The number of benzene rings is 3. The Labute approximate surface area is 165 Å². The maximum absolute atomic E-state index is 12.2. The van der Waals surface area contributed by atoms with E-state index in [1.807, 2.05) is 66.7 Å². The fourth-order valence-corrected chi connectivity index (χ4v) is 3.81. The first kappa shape index (κ1) is 19.9. The van der Waals surface area contributed by atoms with Crippen molar-refractivity contribution in [3.8, 4) is 5.75 Å². The van der Waals surface area contributed by atoms with Gasteiger partial charge in [0.25, 0.3) is 0 Å². The van der Waals surface area contributed by atoms with Gasteiger partial charge < -0.3 is 9.84 Å². The number of rotatable bonds is 9. The molecule has 0 amide bonds. The minimum absolute atomic E-state index is 0.0238. The van der Waals surface area contributed by atoms with E-state index < -0.39 is 10.0 Å². The maximum atomic E-state index is 12.2. The second kappa shape index (κ2) is 9.39. The predicted octanol–water partition coefficient (Wildman–Crippen LogP) is 3.34. The molecule has 0 aromatic heterocycles. The summed E-state index contributed by atoms with van der Waals surface area (Å²) in [4.78, 5) is 0. The lowest BCUT2D eigenvalue weighted by atomic mass is 10.0. The zero-order chi connectivity index (χ0) is 19.8. The molecule has 0 atom stereocenters. The van der Waals surface area contributed by atoms with Gasteiger partial charge in [0.2, 0.25) is 10.0 Å². The Bertz CT molecular complexity index is 1050. The third-order valence-electron chi connectivity index (χ3n) is 4.28. The highest BCUT2D eigenvalue weighted by Crippen LogP contribution is 2.28. The van der Waals surface area contributed by atoms with Crippen molar-refractivity contribution < 1.29 is 18.3 Å². The van der Waals surface area contributed by atoms with Crippen LogP contribution >= 0.6 is 0 Å². The van der Waals surface area contributed by atoms with E-state index in [1.165, 1.54) is 6.20 Å². The quantitative estimate of drug-likeness (QED) is 0.581. The van der Waals surface area contributed by atoms with Crippen LogP contribution in [-0.2, 0) is 16.4 Å². The summed E-state index contributed by atoms with van der Waals surface area (Å²) >= 11 is 0. The number of aryl methyl sites for hydroxylation is 1. The number of nitrogens with one attached hydrogen (secondary N) is 1. The number of ether oxygens (including phenoxy) is 1. The van der Waals surface area contributed by atoms with Gasteiger partial charge in [-0.25, -0.2) is 8.42 Å². The van der Waals surface area contributed by atoms with E-state index >= 15 is 0 Å². The summed E-state index contributed by atoms with van der Waals surface area (Å²) in [6, 6.07) is 20.9. The van der Waals surface area contributed by atoms with Crippen molar-refractivity contribution in [1.29, 1.82) is 0 Å². The number of aliphatic hydroxyl groups is 1. The third-order valence-corrected chi connectivity index (χ3v) is 5.51. The van der Waals surface area contributed by atoms with E-state index in [0.29, 0.717) is 12.2 Å². The smallest absolute Gasteiger partial charge is 0.232 e. The maximum Gasteiger partial charge on any atom is 0.232 e. The molecular weight excluding hydrogens is 374 g/mol. The third kappa shape index (κ3) is 5.34. The van der Waals surface area contributed by atoms with Gasteiger partial charge >= 0.3 is 0 Å². The molecule has 3 aromatic rings. The predicted molar refractivity (Wildman–Crippen MR) is 113 cm³/mol. The summed E-state index contributed by atoms with van der Waals surface area (Å²) < 4.78 is 32.5. The van der Waals surface area contributed by atoms with E-state index in [4.69, 9.17) is 9.84 Å². The fourth-order valence-electron chi connectivity index (χ4n) is 2.92. The van der Waals surface area contributed by atoms with Gasteiger partial charge in [-0.15, -0.1) is 0 Å². The first-order chi connectivity index (χ1) is 13.6. The van der Waals surface area contributed by atoms with Crippen LogP contribution in [-0.4, -0.2) is 32.5 Å². The van der Waals surface area contributed by atoms with Crippen molar-refractivity contribution in [3.63, 3.8) is 0 Å². The van der Waals surface area contributed by atoms with Crippen LogP contribution in [0.3, 0.4) is 0 Å². The topological polar surface area (TPSA) is 75.6 Å². The van der Waals surface area contributed by atoms with Gasteiger partial charge in [0.15, 0.2) is 0 Å². The largest absolute Gasteiger partial charge is 0.491 e. The van der Waals surface area contributed by atoms with E-state index in [9.17, 15) is 8.42 Å². The summed E-state index contributed by atoms with van der Waals surface area (Å²) in [6.07, 6.45) is 3.65. The van der Waals surface area contributed by atoms with Gasteiger partial charge in [-0.3, -0.25) is 4.72 Å². The molecule has 6 heteroatoms. The molecule has 0 unspecified atom stereocenters. The Morgan fingerprint density at radius 3 is 2.46 bits per heavy atom. The number of sulfonamides is 1. The first-order valence-corrected chi connectivity index (χ1v) is 10.7. The summed E-state index contributed by atoms with van der Waals surface area (Å²) in [5.41, 5.74) is 1.86. The van der Waals surface area contributed by atoms with Crippen LogP contribution in [0.5, 0.6) is 5.75 Å². The molecule has 0 bridgehead atoms. The average molecular weight is 397 g/mol. The van der Waals surface area contributed by atoms with Crippen molar-refractivity contribution in [2.45, 2.75) is 6.42 Å². The van der Waals surface area contributed by atoms with Gasteiger partial charge in [-0.05, 0) is 35.1 Å². The molecule has 0 heterocycles. The fraction of sp³-hybridized carbons (Fsp3) is 0.182. The highest BCUT2D eigenvalue weighted by molar-refractivity contribution is 7.89. The molecule has 5 nitrogen and oxygen atoms in total. The molecular formula is C22H23NO4S. The van der Waals surface area contributed by atoms with Crippen LogP contribution in [0, 0.1) is 0 Å². The molecule has 3 aromatic carbocycles. The van der Waals surface area contributed by atoms with E-state index in [1.54, 1.807) is 6.08 Å². The lowest BCUT2D eigenvalue weighted by Crippen LogP contribution is -2.22. The van der Waals surface area contributed by atoms with E-state index in [2.05, 4.69) is 4.72 Å². The second-order valence-corrected chi connectivity index (χ2v) is 8.15. The molecule has 3 rings (SSSR count). The highest BCUT2D eigenvalue weighted by Gasteiger charge is 2.08. The van der Waals surface area contributed by atoms with E-state index in [-0.39, 0.29) is 19.0 Å². The van der Waals surface area contributed by atoms with Crippen LogP contribution in [0.4, 0.5) is 0 Å². The van der Waals surface area contributed by atoms with Crippen LogP contribution in [0.15, 0.2) is 72.9 Å². The van der Waals surface area contributed by atoms with E-state index in [0.717, 1.165) is 21.9 Å². The zero-order valence-electron chi connectivity index (χ0n) is 15.4. The molecule has 28 heavy (non-hydrogen) atoms. The van der Waals surface area contributed by atoms with Gasteiger partial charge in [0.1, 0.15) is 12.4 Å². The van der Waals surface area contributed by atoms with Crippen LogP contribution < -0.4 is 9.46 Å². The summed E-state index contributed by atoms with van der Waals surface area (Å²) in [5, 5.41) is 10.8. The molecule has 0 spiro atoms. The molecule has 146 valence electrons. The Balaban J connectivity index is 1.70. The molecule has 0 saturated heterocycles. The summed E-state index contributed by atoms with van der Waals surface area (Å²) in [6.45, 7) is 0.168. The zero-order valence-corrected chi connectivity index (χ0v) is 16.2. The minimum Gasteiger partial charge on any atom is -0.491 e. The second-order valence-electron chi connectivity index (χ2n) is 6.28. The Morgan fingerprint density at radius 1 is 0.929 bits per heavy atom. The van der Waals surface area contributed by atoms with Crippen molar-refractivity contribution in [1.82, 2.24) is 4.72 Å². The summed E-state index contributed by atoms with van der Waals surface area (Å²) in [5.74, 6) is 0.709. The average Bonchev–Trinajstić information content (AvgIpc) is 2.72. The normalized spacial score (nSPS) is 11.8. The molecule has 0 radical (unpaired) electrons. The SMILES string of the molecule is O=S(=O)(CCc1ccccc1)NC=Cc1cccc2c(OCCO)cccc12. The van der Waals surface area contributed by atoms with Gasteiger partial charge in [-0.1, -0.05) is 60.7 Å². The Hall–Kier alpha value is -2.83. The van der Waals surface area contributed by atoms with Gasteiger partial charge in [0, 0.05) is 11.6 Å². The molecule has 0 fully saturated rings. The Kier molecular flexibility index (Phi) is 6.68. The van der Waals surface area contributed by atoms with Crippen LogP contribution in [0.2, 0.25) is 0 Å². The molecule has 0 aliphatic carbocycles. The molecule has 0 aliphatic rings. The summed E-state index contributed by atoms with van der Waals surface area (Å²) in [7, 11) is -3.41. The molecule has 2 N–H and O–H groups in total. The number of fused-ring (bicyclic) bond motifs is 1. The minimum atomic E-state index is -3.41. The Morgan fingerprint density at radius 2 is 1.68 bits per heavy atom. The number of hydrogen-bond donors (Lipinski definition) is 2. The monoisotopic (exact) mass is 397 g/mol. The van der Waals surface area contributed by atoms with Crippen molar-refractivity contribution in [2.75, 3.05) is 19.0 Å². The lowest BCUT2D eigenvalue weighted by Gasteiger charge is -2.10. The standard InChI is InChI=1S/C22H23NO4S/c24-15-16-27-22-11-5-9-20-19(8-4-10-21(20)22)12-14-23-28(25,26)17-13-18-6-2-1-3-7-18/h1-12,14,23-24H,13,15-17H2. The van der Waals surface area contributed by atoms with Crippen molar-refractivity contribution >= 4 is 26.9 Å². The van der Waals surface area contributed by atoms with Gasteiger partial charge in [0.05, 0.1) is 12.4 Å². The van der Waals surface area contributed by atoms with Crippen LogP contribution in [0.1, 0.15) is 11.1 Å². The van der Waals surface area contributed by atoms with Gasteiger partial charge in [-0.2, -0.15) is 0 Å². The molecule has 0 aliphatic heterocycles. The van der Waals surface area contributed by atoms with Crippen LogP contribution in [0.25, 0.3) is 16.8 Å². The lowest BCUT2D eigenvalue weighted by molar-refractivity contribution is 0.203. The first-order valence-electron chi connectivity index (χ1n) is 9.05.